The number of aliphatic hydroxyl groups is 1. The van der Waals surface area contributed by atoms with Crippen LogP contribution < -0.4 is 0 Å². The first kappa shape index (κ1) is 21.9. The van der Waals surface area contributed by atoms with Crippen molar-refractivity contribution in [2.45, 2.75) is 71.2 Å². The van der Waals surface area contributed by atoms with Gasteiger partial charge in [0.2, 0.25) is 0 Å². The molecule has 0 rings (SSSR count). The third kappa shape index (κ3) is 11.1. The SMILES string of the molecule is CC/C=C\C/C=C\C[C@H](O)C#C/C=C/CO[Si](C)(C)C(C)(C)C. The van der Waals surface area contributed by atoms with Crippen molar-refractivity contribution in [3.63, 3.8) is 0 Å². The lowest BCUT2D eigenvalue weighted by Gasteiger charge is -2.35. The molecule has 0 amide bonds. The summed E-state index contributed by atoms with van der Waals surface area (Å²) in [5, 5.41) is 9.97. The Labute approximate surface area is 144 Å². The van der Waals surface area contributed by atoms with Crippen molar-refractivity contribution >= 4 is 8.32 Å². The minimum absolute atomic E-state index is 0.224. The van der Waals surface area contributed by atoms with Gasteiger partial charge in [-0.05, 0) is 37.0 Å². The number of hydrogen-bond acceptors (Lipinski definition) is 2. The molecular weight excluding hydrogens is 300 g/mol. The fourth-order valence-corrected chi connectivity index (χ4v) is 2.39. The van der Waals surface area contributed by atoms with Crippen LogP contribution in [0.5, 0.6) is 0 Å². The van der Waals surface area contributed by atoms with Crippen LogP contribution in [0.25, 0.3) is 0 Å². The Morgan fingerprint density at radius 3 is 2.35 bits per heavy atom. The van der Waals surface area contributed by atoms with E-state index >= 15 is 0 Å². The Hall–Kier alpha value is -1.08. The first-order chi connectivity index (χ1) is 10.7. The van der Waals surface area contributed by atoms with Gasteiger partial charge in [-0.15, -0.1) is 0 Å². The Balaban J connectivity index is 4.04. The molecule has 1 N–H and O–H groups in total. The lowest BCUT2D eigenvalue weighted by atomic mass is 10.2. The van der Waals surface area contributed by atoms with Gasteiger partial charge in [0.15, 0.2) is 8.32 Å². The molecule has 0 radical (unpaired) electrons. The zero-order valence-corrected chi connectivity index (χ0v) is 16.7. The van der Waals surface area contributed by atoms with Gasteiger partial charge in [-0.25, -0.2) is 0 Å². The topological polar surface area (TPSA) is 29.5 Å². The van der Waals surface area contributed by atoms with E-state index in [1.54, 1.807) is 6.08 Å². The molecule has 0 aromatic rings. The molecule has 0 saturated carbocycles. The molecular formula is C20H34O2Si. The van der Waals surface area contributed by atoms with Gasteiger partial charge in [0, 0.05) is 6.42 Å². The molecule has 2 nitrogen and oxygen atoms in total. The first-order valence-electron chi connectivity index (χ1n) is 8.48. The highest BCUT2D eigenvalue weighted by atomic mass is 28.4. The summed E-state index contributed by atoms with van der Waals surface area (Å²) in [5.74, 6) is 5.70. The van der Waals surface area contributed by atoms with Gasteiger partial charge < -0.3 is 9.53 Å². The van der Waals surface area contributed by atoms with Gasteiger partial charge in [0.1, 0.15) is 6.10 Å². The minimum atomic E-state index is -1.68. The summed E-state index contributed by atoms with van der Waals surface area (Å²) in [7, 11) is -1.68. The molecule has 0 unspecified atom stereocenters. The van der Waals surface area contributed by atoms with E-state index < -0.39 is 14.4 Å². The van der Waals surface area contributed by atoms with Gasteiger partial charge in [0.25, 0.3) is 0 Å². The summed E-state index contributed by atoms with van der Waals surface area (Å²) in [4.78, 5) is 0. The molecule has 0 saturated heterocycles. The van der Waals surface area contributed by atoms with Crippen LogP contribution in [0.2, 0.25) is 18.1 Å². The summed E-state index contributed by atoms with van der Waals surface area (Å²) in [6.45, 7) is 13.9. The highest BCUT2D eigenvalue weighted by Crippen LogP contribution is 2.36. The van der Waals surface area contributed by atoms with E-state index in [2.05, 4.69) is 70.9 Å². The van der Waals surface area contributed by atoms with E-state index in [1.807, 2.05) is 12.2 Å². The van der Waals surface area contributed by atoms with Crippen LogP contribution in [0, 0.1) is 11.8 Å². The molecule has 0 aromatic heterocycles. The lowest BCUT2D eigenvalue weighted by molar-refractivity contribution is 0.236. The van der Waals surface area contributed by atoms with Crippen LogP contribution in [-0.2, 0) is 4.43 Å². The second-order valence-corrected chi connectivity index (χ2v) is 11.9. The summed E-state index contributed by atoms with van der Waals surface area (Å²) in [6.07, 6.45) is 13.9. The van der Waals surface area contributed by atoms with E-state index in [4.69, 9.17) is 4.43 Å². The molecule has 0 heterocycles. The number of rotatable bonds is 8. The van der Waals surface area contributed by atoms with E-state index in [1.165, 1.54) is 0 Å². The van der Waals surface area contributed by atoms with Crippen LogP contribution in [0.1, 0.15) is 47.0 Å². The zero-order valence-electron chi connectivity index (χ0n) is 15.7. The molecule has 0 aliphatic carbocycles. The maximum absolute atomic E-state index is 9.74. The molecule has 0 aromatic carbocycles. The van der Waals surface area contributed by atoms with E-state index in [0.29, 0.717) is 13.0 Å². The van der Waals surface area contributed by atoms with E-state index in [9.17, 15) is 5.11 Å². The largest absolute Gasteiger partial charge is 0.413 e. The molecule has 3 heteroatoms. The van der Waals surface area contributed by atoms with Gasteiger partial charge >= 0.3 is 0 Å². The summed E-state index contributed by atoms with van der Waals surface area (Å²) in [5.41, 5.74) is 0. The molecule has 0 spiro atoms. The maximum Gasteiger partial charge on any atom is 0.192 e. The second-order valence-electron chi connectivity index (χ2n) is 7.10. The zero-order chi connectivity index (χ0) is 17.8. The van der Waals surface area contributed by atoms with Crippen molar-refractivity contribution in [1.29, 1.82) is 0 Å². The van der Waals surface area contributed by atoms with Crippen LogP contribution in [0.4, 0.5) is 0 Å². The number of aliphatic hydroxyl groups excluding tert-OH is 1. The fourth-order valence-electron chi connectivity index (χ4n) is 1.45. The number of allylic oxidation sites excluding steroid dienone is 4. The van der Waals surface area contributed by atoms with Crippen LogP contribution in [-0.4, -0.2) is 26.1 Å². The monoisotopic (exact) mass is 334 g/mol. The average Bonchev–Trinajstić information content (AvgIpc) is 2.45. The second kappa shape index (κ2) is 11.5. The molecule has 1 atom stereocenters. The normalized spacial score (nSPS) is 14.6. The van der Waals surface area contributed by atoms with Crippen LogP contribution in [0.15, 0.2) is 36.5 Å². The third-order valence-electron chi connectivity index (χ3n) is 4.00. The van der Waals surface area contributed by atoms with Crippen LogP contribution >= 0.6 is 0 Å². The van der Waals surface area contributed by atoms with E-state index in [0.717, 1.165) is 12.8 Å². The average molecular weight is 335 g/mol. The lowest BCUT2D eigenvalue weighted by Crippen LogP contribution is -2.40. The first-order valence-corrected chi connectivity index (χ1v) is 11.4. The molecule has 130 valence electrons. The molecule has 23 heavy (non-hydrogen) atoms. The predicted molar refractivity (Wildman–Crippen MR) is 104 cm³/mol. The molecule has 0 aliphatic heterocycles. The minimum Gasteiger partial charge on any atom is -0.413 e. The number of hydrogen-bond donors (Lipinski definition) is 1. The summed E-state index contributed by atoms with van der Waals surface area (Å²) >= 11 is 0. The Morgan fingerprint density at radius 2 is 1.74 bits per heavy atom. The van der Waals surface area contributed by atoms with Gasteiger partial charge in [0.05, 0.1) is 6.61 Å². The van der Waals surface area contributed by atoms with Gasteiger partial charge in [-0.3, -0.25) is 0 Å². The Kier molecular flexibility index (Phi) is 10.9. The van der Waals surface area contributed by atoms with Crippen molar-refractivity contribution in [2.24, 2.45) is 0 Å². The van der Waals surface area contributed by atoms with Crippen molar-refractivity contribution in [3.05, 3.63) is 36.5 Å². The molecule has 0 bridgehead atoms. The highest BCUT2D eigenvalue weighted by Gasteiger charge is 2.36. The standard InChI is InChI=1S/C20H34O2Si/c1-7-8-9-10-11-13-16-19(21)17-14-12-15-18-22-23(5,6)20(2,3)4/h8-9,11-13,15,19,21H,7,10,16,18H2,1-6H3/b9-8-,13-11-,15-12+/t19-/m0/s1. The summed E-state index contributed by atoms with van der Waals surface area (Å²) in [6, 6.07) is 0. The smallest absolute Gasteiger partial charge is 0.192 e. The van der Waals surface area contributed by atoms with Gasteiger partial charge in [-0.2, -0.15) is 0 Å². The van der Waals surface area contributed by atoms with Gasteiger partial charge in [-0.1, -0.05) is 69.9 Å². The summed E-state index contributed by atoms with van der Waals surface area (Å²) < 4.78 is 6.02. The quantitative estimate of drug-likeness (QED) is 0.374. The molecule has 0 aliphatic rings. The van der Waals surface area contributed by atoms with E-state index in [-0.39, 0.29) is 5.04 Å². The highest BCUT2D eigenvalue weighted by molar-refractivity contribution is 6.74. The molecule has 0 fully saturated rings. The fraction of sp³-hybridized carbons (Fsp3) is 0.600. The maximum atomic E-state index is 9.74. The van der Waals surface area contributed by atoms with Crippen molar-refractivity contribution in [2.75, 3.05) is 6.61 Å². The third-order valence-corrected chi connectivity index (χ3v) is 8.50. The Morgan fingerprint density at radius 1 is 1.09 bits per heavy atom. The predicted octanol–water partition coefficient (Wildman–Crippen LogP) is 5.23. The van der Waals surface area contributed by atoms with Crippen molar-refractivity contribution < 1.29 is 9.53 Å². The van der Waals surface area contributed by atoms with Crippen molar-refractivity contribution in [3.8, 4) is 11.8 Å². The van der Waals surface area contributed by atoms with Crippen molar-refractivity contribution in [1.82, 2.24) is 0 Å². The van der Waals surface area contributed by atoms with Crippen LogP contribution in [0.3, 0.4) is 0 Å². The Bertz CT molecular complexity index is 456.